The molecule has 0 spiro atoms. The van der Waals surface area contributed by atoms with E-state index in [1.165, 1.54) is 0 Å². The summed E-state index contributed by atoms with van der Waals surface area (Å²) in [5, 5.41) is 6.12. The van der Waals surface area contributed by atoms with Crippen molar-refractivity contribution < 1.29 is 4.52 Å². The molecule has 1 aromatic carbocycles. The Kier molecular flexibility index (Phi) is 1.82. The van der Waals surface area contributed by atoms with Gasteiger partial charge >= 0.3 is 0 Å². The number of nitrogens with two attached hydrogens (primary N) is 1. The van der Waals surface area contributed by atoms with Crippen LogP contribution in [0.2, 0.25) is 5.02 Å². The summed E-state index contributed by atoms with van der Waals surface area (Å²) in [7, 11) is 0. The van der Waals surface area contributed by atoms with E-state index in [9.17, 15) is 0 Å². The largest absolute Gasteiger partial charge is 0.367 e. The molecule has 2 heterocycles. The molecule has 0 aliphatic rings. The second-order valence-electron chi connectivity index (χ2n) is 3.70. The van der Waals surface area contributed by atoms with Crippen molar-refractivity contribution >= 4 is 39.4 Å². The van der Waals surface area contributed by atoms with E-state index in [-0.39, 0.29) is 5.88 Å². The highest BCUT2D eigenvalue weighted by atomic mass is 35.5. The molecule has 0 radical (unpaired) electrons. The van der Waals surface area contributed by atoms with Crippen LogP contribution in [0.5, 0.6) is 0 Å². The molecule has 0 saturated carbocycles. The number of nitrogen functional groups attached to an aromatic ring is 1. The summed E-state index contributed by atoms with van der Waals surface area (Å²) in [4.78, 5) is 4.40. The minimum absolute atomic E-state index is 0.280. The number of aromatic nitrogens is 2. The van der Waals surface area contributed by atoms with Crippen molar-refractivity contribution in [2.24, 2.45) is 0 Å². The van der Waals surface area contributed by atoms with Crippen molar-refractivity contribution in [1.82, 2.24) is 10.1 Å². The van der Waals surface area contributed by atoms with E-state index >= 15 is 0 Å². The van der Waals surface area contributed by atoms with Crippen LogP contribution in [0, 0.1) is 6.92 Å². The van der Waals surface area contributed by atoms with Crippen LogP contribution in [0.4, 0.5) is 5.88 Å². The molecule has 0 amide bonds. The average molecular weight is 234 g/mol. The lowest BCUT2D eigenvalue weighted by Gasteiger charge is -2.01. The number of rotatable bonds is 0. The molecule has 0 aliphatic heterocycles. The Labute approximate surface area is 96.0 Å². The lowest BCUT2D eigenvalue weighted by atomic mass is 10.1. The van der Waals surface area contributed by atoms with E-state index in [2.05, 4.69) is 10.1 Å². The Morgan fingerprint density at radius 1 is 1.31 bits per heavy atom. The standard InChI is InChI=1S/C11H8ClN3O/c1-5-2-7(12)3-6-4-8-10(13)16-15-11(8)14-9(5)6/h2-4H,13H2,1H3. The number of halogens is 1. The molecule has 0 bridgehead atoms. The summed E-state index contributed by atoms with van der Waals surface area (Å²) in [6, 6.07) is 5.61. The maximum atomic E-state index is 5.99. The zero-order valence-electron chi connectivity index (χ0n) is 8.49. The first-order valence-electron chi connectivity index (χ1n) is 4.77. The predicted molar refractivity (Wildman–Crippen MR) is 63.5 cm³/mol. The molecule has 3 rings (SSSR count). The summed E-state index contributed by atoms with van der Waals surface area (Å²) in [6.45, 7) is 1.95. The Morgan fingerprint density at radius 2 is 2.12 bits per heavy atom. The molecule has 0 atom stereocenters. The summed E-state index contributed by atoms with van der Waals surface area (Å²) in [5.74, 6) is 0.280. The van der Waals surface area contributed by atoms with Crippen molar-refractivity contribution in [3.05, 3.63) is 28.8 Å². The van der Waals surface area contributed by atoms with Gasteiger partial charge in [-0.2, -0.15) is 0 Å². The van der Waals surface area contributed by atoms with Gasteiger partial charge in [0.05, 0.1) is 10.9 Å². The highest BCUT2D eigenvalue weighted by Crippen LogP contribution is 2.27. The second kappa shape index (κ2) is 3.09. The monoisotopic (exact) mass is 233 g/mol. The van der Waals surface area contributed by atoms with E-state index in [1.54, 1.807) is 0 Å². The molecule has 4 nitrogen and oxygen atoms in total. The van der Waals surface area contributed by atoms with Crippen LogP contribution in [0.3, 0.4) is 0 Å². The summed E-state index contributed by atoms with van der Waals surface area (Å²) >= 11 is 5.99. The lowest BCUT2D eigenvalue weighted by molar-refractivity contribution is 0.443. The van der Waals surface area contributed by atoms with Gasteiger partial charge in [0.25, 0.3) is 0 Å². The molecule has 2 N–H and O–H groups in total. The van der Waals surface area contributed by atoms with Gasteiger partial charge < -0.3 is 10.3 Å². The third-order valence-corrected chi connectivity index (χ3v) is 2.77. The zero-order valence-corrected chi connectivity index (χ0v) is 9.25. The van der Waals surface area contributed by atoms with Gasteiger partial charge in [0.2, 0.25) is 11.5 Å². The second-order valence-corrected chi connectivity index (χ2v) is 4.14. The minimum Gasteiger partial charge on any atom is -0.367 e. The van der Waals surface area contributed by atoms with Gasteiger partial charge in [0, 0.05) is 10.4 Å². The number of fused-ring (bicyclic) bond motifs is 2. The SMILES string of the molecule is Cc1cc(Cl)cc2cc3c(N)onc3nc12. The van der Waals surface area contributed by atoms with Gasteiger partial charge in [-0.15, -0.1) is 0 Å². The van der Waals surface area contributed by atoms with Gasteiger partial charge in [0.1, 0.15) is 0 Å². The molecule has 0 fully saturated rings. The van der Waals surface area contributed by atoms with E-state index in [0.717, 1.165) is 16.5 Å². The molecular weight excluding hydrogens is 226 g/mol. The highest BCUT2D eigenvalue weighted by molar-refractivity contribution is 6.31. The van der Waals surface area contributed by atoms with Crippen molar-refractivity contribution in [3.63, 3.8) is 0 Å². The zero-order chi connectivity index (χ0) is 11.3. The van der Waals surface area contributed by atoms with Crippen LogP contribution >= 0.6 is 11.6 Å². The van der Waals surface area contributed by atoms with E-state index < -0.39 is 0 Å². The predicted octanol–water partition coefficient (Wildman–Crippen LogP) is 2.92. The quantitative estimate of drug-likeness (QED) is 0.648. The number of hydrogen-bond acceptors (Lipinski definition) is 4. The molecule has 80 valence electrons. The number of nitrogens with zero attached hydrogens (tertiary/aromatic N) is 2. The highest BCUT2D eigenvalue weighted by Gasteiger charge is 2.09. The third kappa shape index (κ3) is 1.23. The molecule has 2 aromatic heterocycles. The van der Waals surface area contributed by atoms with Gasteiger partial charge in [-0.1, -0.05) is 16.8 Å². The first kappa shape index (κ1) is 9.42. The maximum absolute atomic E-state index is 5.99. The van der Waals surface area contributed by atoms with Crippen LogP contribution in [-0.4, -0.2) is 10.1 Å². The Hall–Kier alpha value is -1.81. The van der Waals surface area contributed by atoms with Crippen molar-refractivity contribution in [2.45, 2.75) is 6.92 Å². The normalized spacial score (nSPS) is 11.4. The Bertz CT molecular complexity index is 705. The molecule has 3 aromatic rings. The van der Waals surface area contributed by atoms with Gasteiger partial charge in [-0.25, -0.2) is 4.98 Å². The van der Waals surface area contributed by atoms with Crippen molar-refractivity contribution in [3.8, 4) is 0 Å². The van der Waals surface area contributed by atoms with Crippen LogP contribution in [0.1, 0.15) is 5.56 Å². The Balaban J connectivity index is 2.53. The number of pyridine rings is 1. The minimum atomic E-state index is 0.280. The fourth-order valence-corrected chi connectivity index (χ4v) is 2.08. The smallest absolute Gasteiger partial charge is 0.231 e. The topological polar surface area (TPSA) is 64.9 Å². The van der Waals surface area contributed by atoms with Gasteiger partial charge in [-0.3, -0.25) is 0 Å². The average Bonchev–Trinajstić information content (AvgIpc) is 2.58. The van der Waals surface area contributed by atoms with Crippen molar-refractivity contribution in [1.29, 1.82) is 0 Å². The molecule has 0 aliphatic carbocycles. The Morgan fingerprint density at radius 3 is 2.94 bits per heavy atom. The number of benzene rings is 1. The number of aryl methyl sites for hydroxylation is 1. The summed E-state index contributed by atoms with van der Waals surface area (Å²) in [5.41, 5.74) is 8.04. The maximum Gasteiger partial charge on any atom is 0.231 e. The third-order valence-electron chi connectivity index (χ3n) is 2.55. The first-order chi connectivity index (χ1) is 7.65. The van der Waals surface area contributed by atoms with Crippen LogP contribution in [0.15, 0.2) is 22.7 Å². The number of anilines is 1. The van der Waals surface area contributed by atoms with Crippen molar-refractivity contribution in [2.75, 3.05) is 5.73 Å². The fraction of sp³-hybridized carbons (Fsp3) is 0.0909. The van der Waals surface area contributed by atoms with Gasteiger partial charge in [0.15, 0.2) is 0 Å². The molecular formula is C11H8ClN3O. The summed E-state index contributed by atoms with van der Waals surface area (Å²) in [6.07, 6.45) is 0. The van der Waals surface area contributed by atoms with E-state index in [1.807, 2.05) is 25.1 Å². The van der Waals surface area contributed by atoms with Crippen LogP contribution in [-0.2, 0) is 0 Å². The molecule has 16 heavy (non-hydrogen) atoms. The molecule has 0 saturated heterocycles. The summed E-state index contributed by atoms with van der Waals surface area (Å²) < 4.78 is 4.89. The van der Waals surface area contributed by atoms with Gasteiger partial charge in [-0.05, 0) is 30.7 Å². The lowest BCUT2D eigenvalue weighted by Crippen LogP contribution is -1.86. The number of hydrogen-bond donors (Lipinski definition) is 1. The van der Waals surface area contributed by atoms with E-state index in [0.29, 0.717) is 16.1 Å². The first-order valence-corrected chi connectivity index (χ1v) is 5.15. The van der Waals surface area contributed by atoms with E-state index in [4.69, 9.17) is 21.9 Å². The fourth-order valence-electron chi connectivity index (χ4n) is 1.80. The van der Waals surface area contributed by atoms with Crippen LogP contribution < -0.4 is 5.73 Å². The molecule has 0 unspecified atom stereocenters. The van der Waals surface area contributed by atoms with Crippen LogP contribution in [0.25, 0.3) is 21.9 Å². The molecule has 5 heteroatoms.